The molecule has 0 unspecified atom stereocenters. The van der Waals surface area contributed by atoms with Gasteiger partial charge in [-0.2, -0.15) is 0 Å². The Bertz CT molecular complexity index is 325. The van der Waals surface area contributed by atoms with Gasteiger partial charge in [-0.15, -0.1) is 5.43 Å². The normalized spacial score (nSPS) is 10.0. The predicted molar refractivity (Wildman–Crippen MR) is 48.1 cm³/mol. The van der Waals surface area contributed by atoms with Crippen molar-refractivity contribution in [2.24, 2.45) is 0 Å². The molecule has 16 heteroatoms. The summed E-state index contributed by atoms with van der Waals surface area (Å²) in [7, 11) is 0. The molecule has 0 spiro atoms. The first-order valence-corrected chi connectivity index (χ1v) is 3.81. The van der Waals surface area contributed by atoms with Crippen LogP contribution in [0.2, 0.25) is 0 Å². The zero-order chi connectivity index (χ0) is 14.3. The Labute approximate surface area is 95.8 Å². The Balaban J connectivity index is 5.08. The van der Waals surface area contributed by atoms with Crippen molar-refractivity contribution in [2.75, 3.05) is 6.54 Å². The van der Waals surface area contributed by atoms with Crippen molar-refractivity contribution < 1.29 is 20.1 Å². The van der Waals surface area contributed by atoms with Crippen LogP contribution in [0.3, 0.4) is 0 Å². The molecule has 0 aliphatic carbocycles. The summed E-state index contributed by atoms with van der Waals surface area (Å²) in [5.41, 5.74) is 4.81. The van der Waals surface area contributed by atoms with Crippen LogP contribution in [0.25, 0.3) is 0 Å². The molecule has 0 rings (SSSR count). The number of rotatable bonds is 9. The summed E-state index contributed by atoms with van der Waals surface area (Å²) >= 11 is 0. The van der Waals surface area contributed by atoms with Crippen LogP contribution >= 0.6 is 0 Å². The average Bonchev–Trinajstić information content (AvgIpc) is 2.11. The highest BCUT2D eigenvalue weighted by atomic mass is 16.7. The van der Waals surface area contributed by atoms with Gasteiger partial charge >= 0.3 is 5.79 Å². The molecule has 0 saturated heterocycles. The van der Waals surface area contributed by atoms with Crippen LogP contribution < -0.4 is 21.7 Å². The number of hydrazine groups is 4. The van der Waals surface area contributed by atoms with Gasteiger partial charge in [0.1, 0.15) is 0 Å². The average molecular weight is 270 g/mol. The maximum atomic E-state index is 10.2. The molecular weight excluding hydrogens is 264 g/mol. The van der Waals surface area contributed by atoms with E-state index >= 15 is 0 Å². The maximum absolute atomic E-state index is 10.2. The fraction of sp³-hybridized carbons (Fsp3) is 1.00. The molecule has 0 radical (unpaired) electrons. The van der Waals surface area contributed by atoms with E-state index in [1.807, 2.05) is 0 Å². The lowest BCUT2D eigenvalue weighted by Gasteiger charge is -2.21. The number of nitrogens with one attached hydrogen (secondary N) is 4. The van der Waals surface area contributed by atoms with Gasteiger partial charge in [0.05, 0.1) is 0 Å². The van der Waals surface area contributed by atoms with E-state index in [0.717, 1.165) is 16.3 Å². The SMILES string of the molecule is O=[N+]([O-])NCC(N[N+](=O)[O-])(N[N+](=O)[O-])N[N+](=O)[O-]. The summed E-state index contributed by atoms with van der Waals surface area (Å²) < 4.78 is 0. The van der Waals surface area contributed by atoms with E-state index in [9.17, 15) is 40.5 Å². The minimum Gasteiger partial charge on any atom is -0.235 e. The van der Waals surface area contributed by atoms with Crippen molar-refractivity contribution in [3.8, 4) is 0 Å². The van der Waals surface area contributed by atoms with Gasteiger partial charge in [0.25, 0.3) is 0 Å². The number of nitro groups is 4. The molecule has 0 aliphatic heterocycles. The van der Waals surface area contributed by atoms with Gasteiger partial charge in [0, 0.05) is 0 Å². The van der Waals surface area contributed by atoms with Crippen LogP contribution in [0.5, 0.6) is 0 Å². The molecule has 18 heavy (non-hydrogen) atoms. The predicted octanol–water partition coefficient (Wildman–Crippen LogP) is -3.23. The Morgan fingerprint density at radius 3 is 1.28 bits per heavy atom. The summed E-state index contributed by atoms with van der Waals surface area (Å²) in [5.74, 6) is -2.80. The Morgan fingerprint density at radius 2 is 1.06 bits per heavy atom. The molecule has 0 aromatic rings. The highest BCUT2D eigenvalue weighted by Gasteiger charge is 2.46. The summed E-state index contributed by atoms with van der Waals surface area (Å²) in [6.45, 7) is -1.18. The van der Waals surface area contributed by atoms with Gasteiger partial charge < -0.3 is 0 Å². The molecule has 0 atom stereocenters. The molecule has 0 heterocycles. The third-order valence-corrected chi connectivity index (χ3v) is 1.32. The topological polar surface area (TPSA) is 221 Å². The van der Waals surface area contributed by atoms with E-state index in [0.29, 0.717) is 0 Å². The molecular formula is C2H6N8O8. The molecule has 102 valence electrons. The fourth-order valence-corrected chi connectivity index (χ4v) is 0.844. The van der Waals surface area contributed by atoms with E-state index in [1.165, 1.54) is 5.43 Å². The smallest absolute Gasteiger partial charge is 0.235 e. The van der Waals surface area contributed by atoms with Crippen molar-refractivity contribution in [3.05, 3.63) is 40.5 Å². The maximum Gasteiger partial charge on any atom is 0.364 e. The highest BCUT2D eigenvalue weighted by molar-refractivity contribution is 4.73. The number of nitrogens with zero attached hydrogens (tertiary/aromatic N) is 4. The lowest BCUT2D eigenvalue weighted by atomic mass is 10.4. The lowest BCUT2D eigenvalue weighted by molar-refractivity contribution is -0.659. The zero-order valence-electron chi connectivity index (χ0n) is 8.26. The first-order chi connectivity index (χ1) is 8.17. The van der Waals surface area contributed by atoms with Crippen LogP contribution in [0.15, 0.2) is 0 Å². The highest BCUT2D eigenvalue weighted by Crippen LogP contribution is 1.94. The van der Waals surface area contributed by atoms with E-state index in [1.54, 1.807) is 0 Å². The van der Waals surface area contributed by atoms with Crippen molar-refractivity contribution in [3.63, 3.8) is 0 Å². The molecule has 16 nitrogen and oxygen atoms in total. The quantitative estimate of drug-likeness (QED) is 0.184. The Morgan fingerprint density at radius 1 is 0.722 bits per heavy atom. The van der Waals surface area contributed by atoms with Gasteiger partial charge in [-0.1, -0.05) is 16.3 Å². The molecule has 0 aromatic heterocycles. The summed E-state index contributed by atoms with van der Waals surface area (Å²) in [6, 6.07) is 0. The van der Waals surface area contributed by atoms with Crippen LogP contribution in [0.1, 0.15) is 0 Å². The molecule has 0 saturated carbocycles. The lowest BCUT2D eigenvalue weighted by Crippen LogP contribution is -2.74. The molecule has 0 aromatic carbocycles. The number of hydrogen-bond donors (Lipinski definition) is 4. The van der Waals surface area contributed by atoms with Crippen molar-refractivity contribution in [1.82, 2.24) is 21.7 Å². The number of hydrogen-bond acceptors (Lipinski definition) is 8. The first kappa shape index (κ1) is 14.8. The van der Waals surface area contributed by atoms with E-state index in [2.05, 4.69) is 0 Å². The van der Waals surface area contributed by atoms with Crippen LogP contribution in [0.4, 0.5) is 0 Å². The molecule has 0 fully saturated rings. The van der Waals surface area contributed by atoms with Gasteiger partial charge in [0.2, 0.25) is 0 Å². The second-order valence-corrected chi connectivity index (χ2v) is 2.60. The fourth-order valence-electron chi connectivity index (χ4n) is 0.844. The van der Waals surface area contributed by atoms with E-state index < -0.39 is 32.5 Å². The second kappa shape index (κ2) is 5.77. The van der Waals surface area contributed by atoms with Crippen molar-refractivity contribution in [2.45, 2.75) is 5.79 Å². The second-order valence-electron chi connectivity index (χ2n) is 2.60. The Hall–Kier alpha value is -3.20. The van der Waals surface area contributed by atoms with Crippen LogP contribution in [-0.4, -0.2) is 32.5 Å². The van der Waals surface area contributed by atoms with Gasteiger partial charge in [-0.3, -0.25) is 0 Å². The monoisotopic (exact) mass is 270 g/mol. The van der Waals surface area contributed by atoms with Gasteiger partial charge in [0.15, 0.2) is 26.7 Å². The summed E-state index contributed by atoms with van der Waals surface area (Å²) in [4.78, 5) is 40.6. The van der Waals surface area contributed by atoms with E-state index in [-0.39, 0.29) is 0 Å². The Kier molecular flexibility index (Phi) is 4.74. The first-order valence-electron chi connectivity index (χ1n) is 3.81. The largest absolute Gasteiger partial charge is 0.364 e. The molecule has 0 aliphatic rings. The minimum absolute atomic E-state index is 1.16. The molecule has 4 N–H and O–H groups in total. The third-order valence-electron chi connectivity index (χ3n) is 1.32. The van der Waals surface area contributed by atoms with Gasteiger partial charge in [-0.05, 0) is 0 Å². The minimum atomic E-state index is -2.80. The van der Waals surface area contributed by atoms with Crippen molar-refractivity contribution in [1.29, 1.82) is 0 Å². The standard InChI is InChI=1S/C2H6N8O8/c11-7(12)3-1-2(4-8(13)14,5-9(15)16)6-10(17)18/h3-6H,1H2. The third kappa shape index (κ3) is 5.63. The van der Waals surface area contributed by atoms with Crippen molar-refractivity contribution >= 4 is 0 Å². The molecule has 0 amide bonds. The molecule has 0 bridgehead atoms. The van der Waals surface area contributed by atoms with Gasteiger partial charge in [-0.25, -0.2) is 40.5 Å². The summed E-state index contributed by atoms with van der Waals surface area (Å²) in [5, 5.41) is 35.3. The zero-order valence-corrected chi connectivity index (χ0v) is 8.26. The summed E-state index contributed by atoms with van der Waals surface area (Å²) in [6.07, 6.45) is 0. The van der Waals surface area contributed by atoms with E-state index in [4.69, 9.17) is 0 Å². The van der Waals surface area contributed by atoms with Crippen LogP contribution in [0, 0.1) is 40.5 Å². The van der Waals surface area contributed by atoms with Crippen LogP contribution in [-0.2, 0) is 0 Å².